The second-order valence-electron chi connectivity index (χ2n) is 10.3. The topological polar surface area (TPSA) is 89.9 Å². The molecule has 0 saturated carbocycles. The molecule has 0 aromatic heterocycles. The van der Waals surface area contributed by atoms with Crippen molar-refractivity contribution in [1.29, 1.82) is 0 Å². The van der Waals surface area contributed by atoms with E-state index < -0.39 is 29.3 Å². The van der Waals surface area contributed by atoms with Crippen molar-refractivity contribution in [3.63, 3.8) is 0 Å². The van der Waals surface area contributed by atoms with Gasteiger partial charge in [-0.2, -0.15) is 0 Å². The molecule has 0 spiro atoms. The Hall–Kier alpha value is -3.74. The monoisotopic (exact) mass is 718 g/mol. The maximum absolute atomic E-state index is 13.3. The molecule has 252 valence electrons. The molecule has 4 rings (SSSR count). The van der Waals surface area contributed by atoms with Gasteiger partial charge in [-0.1, -0.05) is 88.7 Å². The van der Waals surface area contributed by atoms with Gasteiger partial charge in [0.15, 0.2) is 34.8 Å². The van der Waals surface area contributed by atoms with Crippen molar-refractivity contribution < 1.29 is 37.4 Å². The van der Waals surface area contributed by atoms with E-state index in [9.17, 15) is 32.3 Å². The molecule has 0 aliphatic carbocycles. The lowest BCUT2D eigenvalue weighted by Gasteiger charge is -2.27. The summed E-state index contributed by atoms with van der Waals surface area (Å²) in [4.78, 5) is 25.5. The Morgan fingerprint density at radius 1 is 0.702 bits per heavy atom. The number of ketones is 2. The van der Waals surface area contributed by atoms with Crippen molar-refractivity contribution in [2.75, 3.05) is 26.3 Å². The highest BCUT2D eigenvalue weighted by molar-refractivity contribution is 9.10. The highest BCUT2D eigenvalue weighted by Crippen LogP contribution is 2.15. The van der Waals surface area contributed by atoms with E-state index >= 15 is 0 Å². The van der Waals surface area contributed by atoms with Crippen LogP contribution in [0.15, 0.2) is 97.1 Å². The zero-order valence-electron chi connectivity index (χ0n) is 26.2. The number of benzene rings is 4. The quantitative estimate of drug-likeness (QED) is 0.0615. The average molecular weight is 720 g/mol. The molecule has 3 N–H and O–H groups in total. The fraction of sp³-hybridized carbons (Fsp3) is 0.278. The van der Waals surface area contributed by atoms with Crippen molar-refractivity contribution in [3.05, 3.63) is 143 Å². The number of hydrogen-bond acceptors (Lipinski definition) is 6. The lowest BCUT2D eigenvalue weighted by Crippen LogP contribution is -2.40. The highest BCUT2D eigenvalue weighted by Gasteiger charge is 2.22. The normalized spacial score (nSPS) is 11.9. The van der Waals surface area contributed by atoms with Gasteiger partial charge < -0.3 is 15.5 Å². The second kappa shape index (κ2) is 21.2. The van der Waals surface area contributed by atoms with E-state index in [2.05, 4.69) is 21.2 Å². The molecule has 47 heavy (non-hydrogen) atoms. The van der Waals surface area contributed by atoms with Gasteiger partial charge in [-0.05, 0) is 49.2 Å². The van der Waals surface area contributed by atoms with E-state index in [4.69, 9.17) is 5.11 Å². The fourth-order valence-corrected chi connectivity index (χ4v) is 4.48. The minimum atomic E-state index is -0.923. The van der Waals surface area contributed by atoms with Crippen LogP contribution in [0.5, 0.6) is 0 Å². The van der Waals surface area contributed by atoms with Crippen LogP contribution in [0, 0.1) is 23.3 Å². The van der Waals surface area contributed by atoms with E-state index in [1.807, 2.05) is 43.3 Å². The van der Waals surface area contributed by atoms with Crippen LogP contribution in [0.3, 0.4) is 0 Å². The Morgan fingerprint density at radius 2 is 1.19 bits per heavy atom. The van der Waals surface area contributed by atoms with Gasteiger partial charge in [0.2, 0.25) is 0 Å². The molecule has 2 unspecified atom stereocenters. The van der Waals surface area contributed by atoms with E-state index in [1.165, 1.54) is 12.1 Å². The fourth-order valence-electron chi connectivity index (χ4n) is 4.21. The van der Waals surface area contributed by atoms with Crippen LogP contribution in [0.4, 0.5) is 17.6 Å². The number of aliphatic hydroxyl groups is 2. The van der Waals surface area contributed by atoms with Crippen LogP contribution in [-0.4, -0.2) is 63.9 Å². The number of halogens is 5. The molecule has 4 aromatic rings. The number of carbonyl (C=O) groups is 2. The van der Waals surface area contributed by atoms with Gasteiger partial charge in [0, 0.05) is 37.3 Å². The van der Waals surface area contributed by atoms with Crippen LogP contribution in [0.2, 0.25) is 0 Å². The number of aliphatic hydroxyl groups excluding tert-OH is 2. The van der Waals surface area contributed by atoms with Crippen molar-refractivity contribution in [2.45, 2.75) is 37.8 Å². The maximum atomic E-state index is 13.3. The van der Waals surface area contributed by atoms with Gasteiger partial charge in [-0.25, -0.2) is 17.6 Å². The summed E-state index contributed by atoms with van der Waals surface area (Å²) in [5.74, 6) is -3.47. The van der Waals surface area contributed by atoms with Gasteiger partial charge in [-0.15, -0.1) is 0 Å². The van der Waals surface area contributed by atoms with E-state index in [0.29, 0.717) is 29.8 Å². The van der Waals surface area contributed by atoms with E-state index in [0.717, 1.165) is 29.8 Å². The first-order valence-electron chi connectivity index (χ1n) is 14.8. The summed E-state index contributed by atoms with van der Waals surface area (Å²) in [5.41, 5.74) is 2.54. The van der Waals surface area contributed by atoms with Gasteiger partial charge in [0.05, 0.1) is 24.1 Å². The summed E-state index contributed by atoms with van der Waals surface area (Å²) >= 11 is 3.23. The van der Waals surface area contributed by atoms with Crippen LogP contribution in [-0.2, 0) is 13.1 Å². The molecule has 0 radical (unpaired) electrons. The standard InChI is InChI=1S/C18H19F2NO2.C9H9BrO.C9H11F2NO/c1-13(18(23)15-5-3-2-4-6-15)21(9-10-22)12-14-7-8-16(19)17(20)11-14;1-7(10)9(11)8-5-3-2-4-6-8;10-8-2-1-7(5-9(8)11)6-12-3-4-13/h2-8,11,13,22H,9-10,12H2,1H3;2-7H,1H3;1-2,5,12-13H,3-4,6H2. The number of alkyl halides is 1. The SMILES string of the molecule is CC(Br)C(=O)c1ccccc1.CC(C(=O)c1ccccc1)N(CCO)Cc1ccc(F)c(F)c1.OCCNCc1ccc(F)c(F)c1. The summed E-state index contributed by atoms with van der Waals surface area (Å²) in [6, 6.07) is 25.0. The number of rotatable bonds is 13. The number of Topliss-reactive ketones (excluding diaryl/α,β-unsaturated/α-hetero) is 2. The summed E-state index contributed by atoms with van der Waals surface area (Å²) in [6.45, 7) is 4.85. The minimum absolute atomic E-state index is 0.0314. The Morgan fingerprint density at radius 3 is 1.66 bits per heavy atom. The zero-order valence-corrected chi connectivity index (χ0v) is 27.8. The van der Waals surface area contributed by atoms with Gasteiger partial charge in [-0.3, -0.25) is 14.5 Å². The van der Waals surface area contributed by atoms with Crippen LogP contribution >= 0.6 is 15.9 Å². The first-order valence-corrected chi connectivity index (χ1v) is 15.8. The van der Waals surface area contributed by atoms with Gasteiger partial charge in [0.1, 0.15) is 0 Å². The molecule has 0 aliphatic rings. The predicted molar refractivity (Wildman–Crippen MR) is 178 cm³/mol. The van der Waals surface area contributed by atoms with Gasteiger partial charge in [0.25, 0.3) is 0 Å². The lowest BCUT2D eigenvalue weighted by molar-refractivity contribution is 0.0794. The summed E-state index contributed by atoms with van der Waals surface area (Å²) in [7, 11) is 0. The minimum Gasteiger partial charge on any atom is -0.395 e. The lowest BCUT2D eigenvalue weighted by atomic mass is 10.0. The largest absolute Gasteiger partial charge is 0.395 e. The van der Waals surface area contributed by atoms with E-state index in [1.54, 1.807) is 36.1 Å². The Labute approximate surface area is 281 Å². The smallest absolute Gasteiger partial charge is 0.179 e. The molecule has 6 nitrogen and oxygen atoms in total. The van der Waals surface area contributed by atoms with Crippen molar-refractivity contribution in [1.82, 2.24) is 10.2 Å². The molecular formula is C36H39BrF4N2O4. The first kappa shape index (κ1) is 39.4. The molecule has 0 fully saturated rings. The Kier molecular flexibility index (Phi) is 17.8. The van der Waals surface area contributed by atoms with E-state index in [-0.39, 0.29) is 42.7 Å². The number of nitrogens with one attached hydrogen (secondary N) is 1. The second-order valence-corrected chi connectivity index (χ2v) is 11.7. The van der Waals surface area contributed by atoms with Crippen molar-refractivity contribution in [2.24, 2.45) is 0 Å². The molecule has 4 aromatic carbocycles. The Bertz CT molecular complexity index is 1530. The average Bonchev–Trinajstić information content (AvgIpc) is 3.08. The summed E-state index contributed by atoms with van der Waals surface area (Å²) < 4.78 is 51.4. The molecule has 0 bridgehead atoms. The van der Waals surface area contributed by atoms with Crippen molar-refractivity contribution in [3.8, 4) is 0 Å². The first-order chi connectivity index (χ1) is 22.5. The number of hydrogen-bond donors (Lipinski definition) is 3. The van der Waals surface area contributed by atoms with Crippen LogP contribution in [0.1, 0.15) is 45.7 Å². The molecule has 11 heteroatoms. The molecule has 0 aliphatic heterocycles. The molecule has 0 saturated heterocycles. The zero-order chi connectivity index (χ0) is 34.8. The molecule has 2 atom stereocenters. The third-order valence-electron chi connectivity index (χ3n) is 6.76. The number of carbonyl (C=O) groups excluding carboxylic acids is 2. The summed E-state index contributed by atoms with van der Waals surface area (Å²) in [6.07, 6.45) is 0. The third kappa shape index (κ3) is 13.9. The molecule has 0 amide bonds. The summed E-state index contributed by atoms with van der Waals surface area (Å²) in [5, 5.41) is 20.5. The van der Waals surface area contributed by atoms with Crippen LogP contribution in [0.25, 0.3) is 0 Å². The Balaban J connectivity index is 0.000000270. The van der Waals surface area contributed by atoms with Crippen LogP contribution < -0.4 is 5.32 Å². The highest BCUT2D eigenvalue weighted by atomic mass is 79.9. The van der Waals surface area contributed by atoms with Crippen molar-refractivity contribution >= 4 is 27.5 Å². The maximum Gasteiger partial charge on any atom is 0.179 e. The molecular weight excluding hydrogens is 680 g/mol. The van der Waals surface area contributed by atoms with Gasteiger partial charge >= 0.3 is 0 Å². The number of nitrogens with zero attached hydrogens (tertiary/aromatic N) is 1. The predicted octanol–water partition coefficient (Wildman–Crippen LogP) is 6.73. The third-order valence-corrected chi connectivity index (χ3v) is 7.18. The molecule has 0 heterocycles.